The number of aromatic nitrogens is 1. The maximum absolute atomic E-state index is 11.0. The number of rotatable bonds is 6. The van der Waals surface area contributed by atoms with Gasteiger partial charge in [-0.3, -0.25) is 10.1 Å². The number of hydrogen-bond acceptors (Lipinski definition) is 5. The van der Waals surface area contributed by atoms with E-state index < -0.39 is 4.92 Å². The highest BCUT2D eigenvalue weighted by atomic mass is 16.6. The third-order valence-electron chi connectivity index (χ3n) is 2.98. The van der Waals surface area contributed by atoms with Crippen LogP contribution in [0.4, 0.5) is 5.69 Å². The Labute approximate surface area is 116 Å². The number of benzene rings is 1. The van der Waals surface area contributed by atoms with Gasteiger partial charge in [-0.15, -0.1) is 0 Å². The smallest absolute Gasteiger partial charge is 0.295 e. The zero-order valence-electron chi connectivity index (χ0n) is 11.5. The van der Waals surface area contributed by atoms with Crippen LogP contribution < -0.4 is 10.1 Å². The van der Waals surface area contributed by atoms with E-state index in [1.165, 1.54) is 6.07 Å². The Hall–Kier alpha value is -2.21. The van der Waals surface area contributed by atoms with Gasteiger partial charge < -0.3 is 10.1 Å². The van der Waals surface area contributed by atoms with Crippen LogP contribution in [-0.2, 0) is 0 Å². The molecule has 1 aromatic heterocycles. The lowest BCUT2D eigenvalue weighted by Crippen LogP contribution is -2.21. The summed E-state index contributed by atoms with van der Waals surface area (Å²) in [6.45, 7) is 3.47. The molecule has 20 heavy (non-hydrogen) atoms. The van der Waals surface area contributed by atoms with Crippen LogP contribution in [0.5, 0.6) is 5.75 Å². The van der Waals surface area contributed by atoms with Crippen LogP contribution in [0.1, 0.15) is 6.92 Å². The predicted molar refractivity (Wildman–Crippen MR) is 77.0 cm³/mol. The Kier molecular flexibility index (Phi) is 4.47. The largest absolute Gasteiger partial charge is 0.493 e. The minimum absolute atomic E-state index is 0.00350. The maximum atomic E-state index is 11.0. The van der Waals surface area contributed by atoms with E-state index in [1.54, 1.807) is 24.4 Å². The number of non-ortho nitro benzene ring substituents is 1. The molecular weight excluding hydrogens is 258 g/mol. The highest BCUT2D eigenvalue weighted by Gasteiger charge is 2.16. The molecule has 6 nitrogen and oxygen atoms in total. The van der Waals surface area contributed by atoms with Crippen molar-refractivity contribution in [1.82, 2.24) is 10.3 Å². The fourth-order valence-corrected chi connectivity index (χ4v) is 2.04. The van der Waals surface area contributed by atoms with E-state index in [9.17, 15) is 10.1 Å². The van der Waals surface area contributed by atoms with Gasteiger partial charge in [0.1, 0.15) is 5.75 Å². The summed E-state index contributed by atoms with van der Waals surface area (Å²) >= 11 is 0. The van der Waals surface area contributed by atoms with Crippen molar-refractivity contribution in [1.29, 1.82) is 0 Å². The molecule has 0 spiro atoms. The van der Waals surface area contributed by atoms with Gasteiger partial charge in [0.2, 0.25) is 0 Å². The monoisotopic (exact) mass is 275 g/mol. The van der Waals surface area contributed by atoms with Crippen LogP contribution in [0, 0.1) is 16.0 Å². The summed E-state index contributed by atoms with van der Waals surface area (Å²) in [7, 11) is 1.89. The second kappa shape index (κ2) is 6.29. The Bertz CT molecular complexity index is 616. The molecule has 1 N–H and O–H groups in total. The van der Waals surface area contributed by atoms with Gasteiger partial charge in [-0.25, -0.2) is 4.98 Å². The minimum atomic E-state index is -0.428. The Morgan fingerprint density at radius 1 is 1.45 bits per heavy atom. The van der Waals surface area contributed by atoms with Crippen molar-refractivity contribution in [3.05, 3.63) is 40.6 Å². The fourth-order valence-electron chi connectivity index (χ4n) is 2.04. The zero-order chi connectivity index (χ0) is 14.5. The van der Waals surface area contributed by atoms with E-state index in [0.717, 1.165) is 6.54 Å². The molecule has 0 aliphatic rings. The van der Waals surface area contributed by atoms with Gasteiger partial charge in [-0.2, -0.15) is 0 Å². The number of fused-ring (bicyclic) bond motifs is 1. The third kappa shape index (κ3) is 3.03. The van der Waals surface area contributed by atoms with E-state index in [0.29, 0.717) is 29.2 Å². The highest BCUT2D eigenvalue weighted by molar-refractivity contribution is 5.91. The molecule has 106 valence electrons. The molecule has 2 rings (SSSR count). The molecule has 0 saturated heterocycles. The molecule has 0 radical (unpaired) electrons. The molecule has 0 aliphatic carbocycles. The van der Waals surface area contributed by atoms with Gasteiger partial charge in [0.15, 0.2) is 5.52 Å². The lowest BCUT2D eigenvalue weighted by atomic mass is 10.1. The van der Waals surface area contributed by atoms with Crippen molar-refractivity contribution in [2.24, 2.45) is 5.92 Å². The minimum Gasteiger partial charge on any atom is -0.493 e. The van der Waals surface area contributed by atoms with Gasteiger partial charge in [-0.1, -0.05) is 6.92 Å². The molecule has 1 unspecified atom stereocenters. The molecule has 6 heteroatoms. The molecule has 0 fully saturated rings. The summed E-state index contributed by atoms with van der Waals surface area (Å²) in [5.41, 5.74) is 0.354. The van der Waals surface area contributed by atoms with Gasteiger partial charge in [0.05, 0.1) is 11.5 Å². The Morgan fingerprint density at radius 3 is 2.95 bits per heavy atom. The van der Waals surface area contributed by atoms with Crippen molar-refractivity contribution < 1.29 is 9.66 Å². The van der Waals surface area contributed by atoms with Gasteiger partial charge >= 0.3 is 0 Å². The quantitative estimate of drug-likeness (QED) is 0.647. The van der Waals surface area contributed by atoms with Crippen molar-refractivity contribution >= 4 is 16.6 Å². The number of pyridine rings is 1. The predicted octanol–water partition coefficient (Wildman–Crippen LogP) is 2.38. The standard InChI is InChI=1S/C14H17N3O3/c1-10(8-15-2)9-20-13-6-5-12(17(18)19)14-11(13)4-3-7-16-14/h3-7,10,15H,8-9H2,1-2H3. The zero-order valence-corrected chi connectivity index (χ0v) is 11.5. The number of nitrogens with zero attached hydrogens (tertiary/aromatic N) is 2. The van der Waals surface area contributed by atoms with Crippen LogP contribution >= 0.6 is 0 Å². The summed E-state index contributed by atoms with van der Waals surface area (Å²) in [6.07, 6.45) is 1.54. The van der Waals surface area contributed by atoms with Gasteiger partial charge in [0.25, 0.3) is 5.69 Å². The number of ether oxygens (including phenoxy) is 1. The number of nitro benzene ring substituents is 1. The van der Waals surface area contributed by atoms with Crippen molar-refractivity contribution in [3.63, 3.8) is 0 Å². The summed E-state index contributed by atoms with van der Waals surface area (Å²) < 4.78 is 5.77. The van der Waals surface area contributed by atoms with Crippen LogP contribution in [0.25, 0.3) is 10.9 Å². The summed E-state index contributed by atoms with van der Waals surface area (Å²) in [6, 6.07) is 6.60. The van der Waals surface area contributed by atoms with Gasteiger partial charge in [-0.05, 0) is 25.2 Å². The van der Waals surface area contributed by atoms with Crippen LogP contribution in [0.3, 0.4) is 0 Å². The molecule has 1 atom stereocenters. The molecular formula is C14H17N3O3. The van der Waals surface area contributed by atoms with Crippen LogP contribution in [0.15, 0.2) is 30.5 Å². The lowest BCUT2D eigenvalue weighted by molar-refractivity contribution is -0.383. The van der Waals surface area contributed by atoms with E-state index in [2.05, 4.69) is 17.2 Å². The molecule has 0 bridgehead atoms. The lowest BCUT2D eigenvalue weighted by Gasteiger charge is -2.13. The summed E-state index contributed by atoms with van der Waals surface area (Å²) in [4.78, 5) is 14.7. The topological polar surface area (TPSA) is 77.3 Å². The summed E-state index contributed by atoms with van der Waals surface area (Å²) in [5, 5.41) is 14.7. The number of nitrogens with one attached hydrogen (secondary N) is 1. The van der Waals surface area contributed by atoms with E-state index in [-0.39, 0.29) is 5.69 Å². The van der Waals surface area contributed by atoms with Crippen molar-refractivity contribution in [3.8, 4) is 5.75 Å². The third-order valence-corrected chi connectivity index (χ3v) is 2.98. The molecule has 1 aromatic carbocycles. The average molecular weight is 275 g/mol. The Balaban J connectivity index is 2.31. The van der Waals surface area contributed by atoms with E-state index in [4.69, 9.17) is 4.74 Å². The molecule has 0 saturated carbocycles. The first-order chi connectivity index (χ1) is 9.63. The second-order valence-corrected chi connectivity index (χ2v) is 4.71. The number of hydrogen-bond donors (Lipinski definition) is 1. The van der Waals surface area contributed by atoms with Crippen molar-refractivity contribution in [2.45, 2.75) is 6.92 Å². The molecule has 0 amide bonds. The first kappa shape index (κ1) is 14.2. The molecule has 1 heterocycles. The first-order valence-corrected chi connectivity index (χ1v) is 6.43. The maximum Gasteiger partial charge on any atom is 0.295 e. The first-order valence-electron chi connectivity index (χ1n) is 6.43. The SMILES string of the molecule is CNCC(C)COc1ccc([N+](=O)[O-])c2ncccc12. The fraction of sp³-hybridized carbons (Fsp3) is 0.357. The van der Waals surface area contributed by atoms with Gasteiger partial charge in [0, 0.05) is 30.1 Å². The Morgan fingerprint density at radius 2 is 2.25 bits per heavy atom. The molecule has 2 aromatic rings. The normalized spacial score (nSPS) is 12.3. The van der Waals surface area contributed by atoms with Crippen molar-refractivity contribution in [2.75, 3.05) is 20.2 Å². The van der Waals surface area contributed by atoms with E-state index in [1.807, 2.05) is 7.05 Å². The average Bonchev–Trinajstić information content (AvgIpc) is 2.44. The van der Waals surface area contributed by atoms with Crippen LogP contribution in [-0.4, -0.2) is 30.1 Å². The second-order valence-electron chi connectivity index (χ2n) is 4.71. The van der Waals surface area contributed by atoms with E-state index >= 15 is 0 Å². The summed E-state index contributed by atoms with van der Waals surface area (Å²) in [5.74, 6) is 0.976. The van der Waals surface area contributed by atoms with Crippen LogP contribution in [0.2, 0.25) is 0 Å². The molecule has 0 aliphatic heterocycles. The number of nitro groups is 1. The highest BCUT2D eigenvalue weighted by Crippen LogP contribution is 2.31.